The Kier molecular flexibility index (Phi) is 4.19. The normalized spacial score (nSPS) is 11.3. The Hall–Kier alpha value is -2.15. The maximum atomic E-state index is 12.0. The van der Waals surface area contributed by atoms with E-state index in [0.717, 1.165) is 0 Å². The van der Waals surface area contributed by atoms with Gasteiger partial charge in [-0.05, 0) is 36.4 Å². The van der Waals surface area contributed by atoms with E-state index in [9.17, 15) is 17.2 Å². The SMILES string of the molecule is O=S(=O)(Nc1ccc(OC(F)F)cc1)c1ccccc1. The molecule has 0 fully saturated rings. The van der Waals surface area contributed by atoms with Gasteiger partial charge < -0.3 is 4.74 Å². The van der Waals surface area contributed by atoms with Gasteiger partial charge in [0.25, 0.3) is 10.0 Å². The second-order valence-corrected chi connectivity index (χ2v) is 5.50. The highest BCUT2D eigenvalue weighted by Gasteiger charge is 2.13. The number of alkyl halides is 2. The summed E-state index contributed by atoms with van der Waals surface area (Å²) in [6.45, 7) is -2.91. The predicted molar refractivity (Wildman–Crippen MR) is 70.3 cm³/mol. The molecule has 2 aromatic carbocycles. The van der Waals surface area contributed by atoms with Crippen LogP contribution in [0.15, 0.2) is 59.5 Å². The van der Waals surface area contributed by atoms with E-state index in [4.69, 9.17) is 0 Å². The average Bonchev–Trinajstić information content (AvgIpc) is 2.41. The Morgan fingerprint density at radius 1 is 0.950 bits per heavy atom. The summed E-state index contributed by atoms with van der Waals surface area (Å²) in [4.78, 5) is 0.118. The zero-order valence-corrected chi connectivity index (χ0v) is 11.0. The van der Waals surface area contributed by atoms with Crippen LogP contribution in [0.25, 0.3) is 0 Å². The lowest BCUT2D eigenvalue weighted by Gasteiger charge is -2.09. The maximum absolute atomic E-state index is 12.0. The van der Waals surface area contributed by atoms with Crippen molar-refractivity contribution in [3.8, 4) is 5.75 Å². The number of nitrogens with one attached hydrogen (secondary N) is 1. The van der Waals surface area contributed by atoms with E-state index in [-0.39, 0.29) is 16.3 Å². The zero-order chi connectivity index (χ0) is 14.6. The van der Waals surface area contributed by atoms with E-state index in [1.54, 1.807) is 18.2 Å². The molecule has 0 radical (unpaired) electrons. The van der Waals surface area contributed by atoms with Gasteiger partial charge in [0.2, 0.25) is 0 Å². The van der Waals surface area contributed by atoms with E-state index < -0.39 is 16.6 Å². The van der Waals surface area contributed by atoms with Crippen LogP contribution < -0.4 is 9.46 Å². The summed E-state index contributed by atoms with van der Waals surface area (Å²) in [7, 11) is -3.69. The Bertz CT molecular complexity index is 658. The smallest absolute Gasteiger partial charge is 0.387 e. The molecule has 0 aliphatic heterocycles. The molecule has 4 nitrogen and oxygen atoms in total. The third kappa shape index (κ3) is 3.67. The topological polar surface area (TPSA) is 55.4 Å². The molecule has 7 heteroatoms. The highest BCUT2D eigenvalue weighted by molar-refractivity contribution is 7.92. The number of rotatable bonds is 5. The van der Waals surface area contributed by atoms with Crippen LogP contribution in [-0.4, -0.2) is 15.0 Å². The fourth-order valence-electron chi connectivity index (χ4n) is 1.52. The van der Waals surface area contributed by atoms with Gasteiger partial charge >= 0.3 is 6.61 Å². The van der Waals surface area contributed by atoms with Crippen molar-refractivity contribution in [1.82, 2.24) is 0 Å². The summed E-state index contributed by atoms with van der Waals surface area (Å²) in [6, 6.07) is 13.0. The number of ether oxygens (including phenoxy) is 1. The summed E-state index contributed by atoms with van der Waals surface area (Å²) < 4.78 is 54.5. The molecule has 2 rings (SSSR count). The van der Waals surface area contributed by atoms with Crippen molar-refractivity contribution in [2.24, 2.45) is 0 Å². The van der Waals surface area contributed by atoms with Gasteiger partial charge in [0.05, 0.1) is 4.90 Å². The van der Waals surface area contributed by atoms with Gasteiger partial charge in [-0.3, -0.25) is 4.72 Å². The standard InChI is InChI=1S/C13H11F2NO3S/c14-13(15)19-11-8-6-10(7-9-11)16-20(17,18)12-4-2-1-3-5-12/h1-9,13,16H. The summed E-state index contributed by atoms with van der Waals surface area (Å²) in [6.07, 6.45) is 0. The number of hydrogen-bond donors (Lipinski definition) is 1. The second kappa shape index (κ2) is 5.87. The molecule has 0 aliphatic carbocycles. The molecule has 106 valence electrons. The Labute approximate surface area is 115 Å². The van der Waals surface area contributed by atoms with Crippen LogP contribution in [0.4, 0.5) is 14.5 Å². The summed E-state index contributed by atoms with van der Waals surface area (Å²) in [5, 5.41) is 0. The van der Waals surface area contributed by atoms with Crippen molar-refractivity contribution < 1.29 is 21.9 Å². The van der Waals surface area contributed by atoms with Crippen LogP contribution in [0, 0.1) is 0 Å². The summed E-state index contributed by atoms with van der Waals surface area (Å²) in [5.74, 6) is -0.0392. The van der Waals surface area contributed by atoms with Crippen LogP contribution in [0.5, 0.6) is 5.75 Å². The third-order valence-electron chi connectivity index (χ3n) is 2.39. The number of hydrogen-bond acceptors (Lipinski definition) is 3. The van der Waals surface area contributed by atoms with Crippen LogP contribution in [0.2, 0.25) is 0 Å². The highest BCUT2D eigenvalue weighted by Crippen LogP contribution is 2.20. The molecular weight excluding hydrogens is 288 g/mol. The zero-order valence-electron chi connectivity index (χ0n) is 10.2. The molecule has 0 heterocycles. The minimum Gasteiger partial charge on any atom is -0.435 e. The molecule has 0 atom stereocenters. The molecular formula is C13H11F2NO3S. The van der Waals surface area contributed by atoms with Gasteiger partial charge in [0, 0.05) is 5.69 Å². The lowest BCUT2D eigenvalue weighted by molar-refractivity contribution is -0.0498. The van der Waals surface area contributed by atoms with Gasteiger partial charge in [0.15, 0.2) is 0 Å². The largest absolute Gasteiger partial charge is 0.435 e. The van der Waals surface area contributed by atoms with Gasteiger partial charge in [-0.25, -0.2) is 8.42 Å². The van der Waals surface area contributed by atoms with Crippen LogP contribution in [0.3, 0.4) is 0 Å². The molecule has 0 saturated carbocycles. The number of sulfonamides is 1. The van der Waals surface area contributed by atoms with Crippen LogP contribution in [0.1, 0.15) is 0 Å². The van der Waals surface area contributed by atoms with E-state index >= 15 is 0 Å². The van der Waals surface area contributed by atoms with Crippen molar-refractivity contribution in [2.45, 2.75) is 11.5 Å². The number of halogens is 2. The molecule has 0 spiro atoms. The first kappa shape index (κ1) is 14.3. The maximum Gasteiger partial charge on any atom is 0.387 e. The lowest BCUT2D eigenvalue weighted by Crippen LogP contribution is -2.12. The Balaban J connectivity index is 2.14. The van der Waals surface area contributed by atoms with E-state index in [1.807, 2.05) is 0 Å². The number of benzene rings is 2. The van der Waals surface area contributed by atoms with Crippen LogP contribution in [-0.2, 0) is 10.0 Å². The monoisotopic (exact) mass is 299 g/mol. The van der Waals surface area contributed by atoms with Crippen molar-refractivity contribution >= 4 is 15.7 Å². The quantitative estimate of drug-likeness (QED) is 0.923. The van der Waals surface area contributed by atoms with Gasteiger partial charge in [-0.15, -0.1) is 0 Å². The minimum atomic E-state index is -3.69. The molecule has 0 amide bonds. The van der Waals surface area contributed by atoms with E-state index in [1.165, 1.54) is 36.4 Å². The number of anilines is 1. The van der Waals surface area contributed by atoms with Gasteiger partial charge in [0.1, 0.15) is 5.75 Å². The fourth-order valence-corrected chi connectivity index (χ4v) is 2.60. The second-order valence-electron chi connectivity index (χ2n) is 3.82. The van der Waals surface area contributed by atoms with E-state index in [0.29, 0.717) is 0 Å². The van der Waals surface area contributed by atoms with Crippen molar-refractivity contribution in [3.05, 3.63) is 54.6 Å². The minimum absolute atomic E-state index is 0.0392. The predicted octanol–water partition coefficient (Wildman–Crippen LogP) is 3.09. The molecule has 2 aromatic rings. The van der Waals surface area contributed by atoms with Crippen LogP contribution >= 0.6 is 0 Å². The average molecular weight is 299 g/mol. The summed E-state index contributed by atoms with van der Waals surface area (Å²) >= 11 is 0. The van der Waals surface area contributed by atoms with E-state index in [2.05, 4.69) is 9.46 Å². The molecule has 0 aliphatic rings. The first-order valence-electron chi connectivity index (χ1n) is 5.60. The molecule has 0 bridgehead atoms. The lowest BCUT2D eigenvalue weighted by atomic mass is 10.3. The summed E-state index contributed by atoms with van der Waals surface area (Å²) in [5.41, 5.74) is 0.260. The van der Waals surface area contributed by atoms with Crippen molar-refractivity contribution in [3.63, 3.8) is 0 Å². The Morgan fingerprint density at radius 3 is 2.10 bits per heavy atom. The van der Waals surface area contributed by atoms with Gasteiger partial charge in [-0.1, -0.05) is 18.2 Å². The third-order valence-corrected chi connectivity index (χ3v) is 3.78. The molecule has 0 unspecified atom stereocenters. The molecule has 0 aromatic heterocycles. The highest BCUT2D eigenvalue weighted by atomic mass is 32.2. The molecule has 20 heavy (non-hydrogen) atoms. The molecule has 1 N–H and O–H groups in total. The van der Waals surface area contributed by atoms with Gasteiger partial charge in [-0.2, -0.15) is 8.78 Å². The first-order valence-corrected chi connectivity index (χ1v) is 7.08. The van der Waals surface area contributed by atoms with Crippen molar-refractivity contribution in [2.75, 3.05) is 4.72 Å². The first-order chi connectivity index (χ1) is 9.47. The van der Waals surface area contributed by atoms with Crippen molar-refractivity contribution in [1.29, 1.82) is 0 Å². The Morgan fingerprint density at radius 2 is 1.55 bits per heavy atom. The molecule has 0 saturated heterocycles. The fraction of sp³-hybridized carbons (Fsp3) is 0.0769.